The average Bonchev–Trinajstić information content (AvgIpc) is 3.15. The SMILES string of the molecule is COc1ccc(C(=O)CSc2nnc(C[C@@H]3CCS(=O)(=O)C3)n2C)cc1F. The molecule has 0 unspecified atom stereocenters. The van der Waals surface area contributed by atoms with E-state index in [4.69, 9.17) is 4.74 Å². The third-order valence-corrected chi connectivity index (χ3v) is 7.39. The van der Waals surface area contributed by atoms with Gasteiger partial charge in [0.05, 0.1) is 24.4 Å². The summed E-state index contributed by atoms with van der Waals surface area (Å²) in [5.74, 6) is 0.533. The lowest BCUT2D eigenvalue weighted by Crippen LogP contribution is -2.11. The molecule has 0 saturated carbocycles. The number of hydrogen-bond acceptors (Lipinski definition) is 7. The Morgan fingerprint density at radius 1 is 1.41 bits per heavy atom. The number of ether oxygens (including phenoxy) is 1. The van der Waals surface area contributed by atoms with Gasteiger partial charge in [0.1, 0.15) is 5.82 Å². The van der Waals surface area contributed by atoms with Crippen LogP contribution in [0.25, 0.3) is 0 Å². The first kappa shape index (κ1) is 19.8. The van der Waals surface area contributed by atoms with Crippen molar-refractivity contribution in [2.45, 2.75) is 18.0 Å². The van der Waals surface area contributed by atoms with Crippen LogP contribution >= 0.6 is 11.8 Å². The number of benzene rings is 1. The van der Waals surface area contributed by atoms with Crippen LogP contribution in [0.4, 0.5) is 4.39 Å². The fourth-order valence-corrected chi connectivity index (χ4v) is 5.68. The Hall–Kier alpha value is -1.94. The molecule has 0 radical (unpaired) electrons. The monoisotopic (exact) mass is 413 g/mol. The second-order valence-electron chi connectivity index (χ2n) is 6.49. The predicted octanol–water partition coefficient (Wildman–Crippen LogP) is 1.92. The van der Waals surface area contributed by atoms with Crippen molar-refractivity contribution in [1.82, 2.24) is 14.8 Å². The molecule has 3 rings (SSSR count). The minimum absolute atomic E-state index is 0.0552. The quantitative estimate of drug-likeness (QED) is 0.506. The van der Waals surface area contributed by atoms with E-state index in [0.29, 0.717) is 23.8 Å². The molecule has 0 aliphatic carbocycles. The lowest BCUT2D eigenvalue weighted by atomic mass is 10.1. The molecule has 7 nitrogen and oxygen atoms in total. The molecule has 0 N–H and O–H groups in total. The highest BCUT2D eigenvalue weighted by atomic mass is 32.2. The molecule has 146 valence electrons. The van der Waals surface area contributed by atoms with Gasteiger partial charge in [-0.1, -0.05) is 11.8 Å². The maximum Gasteiger partial charge on any atom is 0.191 e. The summed E-state index contributed by atoms with van der Waals surface area (Å²) >= 11 is 1.21. The number of sulfone groups is 1. The Labute approximate surface area is 161 Å². The number of carbonyl (C=O) groups is 1. The van der Waals surface area contributed by atoms with Crippen LogP contribution in [0.5, 0.6) is 5.75 Å². The van der Waals surface area contributed by atoms with Crippen molar-refractivity contribution in [2.75, 3.05) is 24.4 Å². The van der Waals surface area contributed by atoms with Crippen molar-refractivity contribution < 1.29 is 22.3 Å². The smallest absolute Gasteiger partial charge is 0.191 e. The highest BCUT2D eigenvalue weighted by molar-refractivity contribution is 7.99. The van der Waals surface area contributed by atoms with E-state index in [-0.39, 0.29) is 40.3 Å². The van der Waals surface area contributed by atoms with E-state index in [9.17, 15) is 17.6 Å². The standard InChI is InChI=1S/C17H20FN3O4S2/c1-21-16(7-11-5-6-27(23,24)10-11)19-20-17(21)26-9-14(22)12-3-4-15(25-2)13(18)8-12/h3-4,8,11H,5-7,9-10H2,1-2H3/t11-/m0/s1. The molecule has 2 heterocycles. The molecule has 2 aromatic rings. The summed E-state index contributed by atoms with van der Waals surface area (Å²) in [5.41, 5.74) is 0.263. The van der Waals surface area contributed by atoms with Crippen molar-refractivity contribution in [1.29, 1.82) is 0 Å². The highest BCUT2D eigenvalue weighted by Crippen LogP contribution is 2.24. The van der Waals surface area contributed by atoms with Gasteiger partial charge in [0.15, 0.2) is 32.3 Å². The molecule has 27 heavy (non-hydrogen) atoms. The summed E-state index contributed by atoms with van der Waals surface area (Å²) in [6.07, 6.45) is 1.18. The number of hydrogen-bond donors (Lipinski definition) is 0. The number of methoxy groups -OCH3 is 1. The van der Waals surface area contributed by atoms with Crippen molar-refractivity contribution >= 4 is 27.4 Å². The molecule has 1 aliphatic heterocycles. The summed E-state index contributed by atoms with van der Waals surface area (Å²) in [6.45, 7) is 0. The average molecular weight is 413 g/mol. The van der Waals surface area contributed by atoms with Crippen molar-refractivity contribution in [3.63, 3.8) is 0 Å². The zero-order chi connectivity index (χ0) is 19.6. The molecule has 1 aliphatic rings. The van der Waals surface area contributed by atoms with Gasteiger partial charge in [0.2, 0.25) is 0 Å². The number of rotatable bonds is 7. The van der Waals surface area contributed by atoms with Crippen molar-refractivity contribution in [2.24, 2.45) is 13.0 Å². The number of thioether (sulfide) groups is 1. The molecule has 1 aromatic carbocycles. The Balaban J connectivity index is 1.61. The second-order valence-corrected chi connectivity index (χ2v) is 9.66. The topological polar surface area (TPSA) is 91.2 Å². The molecule has 1 atom stereocenters. The van der Waals surface area contributed by atoms with Gasteiger partial charge >= 0.3 is 0 Å². The van der Waals surface area contributed by atoms with Crippen LogP contribution in [-0.2, 0) is 23.3 Å². The first-order valence-electron chi connectivity index (χ1n) is 8.37. The van der Waals surface area contributed by atoms with Gasteiger partial charge in [-0.3, -0.25) is 4.79 Å². The molecular weight excluding hydrogens is 393 g/mol. The third kappa shape index (κ3) is 4.67. The molecule has 0 bridgehead atoms. The van der Waals surface area contributed by atoms with E-state index in [0.717, 1.165) is 6.07 Å². The van der Waals surface area contributed by atoms with Gasteiger partial charge in [-0.15, -0.1) is 10.2 Å². The Kier molecular flexibility index (Phi) is 5.85. The molecule has 1 aromatic heterocycles. The summed E-state index contributed by atoms with van der Waals surface area (Å²) < 4.78 is 43.5. The van der Waals surface area contributed by atoms with Crippen LogP contribution in [0.3, 0.4) is 0 Å². The Morgan fingerprint density at radius 2 is 2.19 bits per heavy atom. The number of carbonyl (C=O) groups excluding carboxylic acids is 1. The summed E-state index contributed by atoms with van der Waals surface area (Å²) in [6, 6.07) is 4.10. The molecule has 1 fully saturated rings. The number of Topliss-reactive ketones (excluding diaryl/α,β-unsaturated/α-hetero) is 1. The molecule has 0 spiro atoms. The summed E-state index contributed by atoms with van der Waals surface area (Å²) in [7, 11) is 0.225. The molecule has 1 saturated heterocycles. The Bertz CT molecular complexity index is 959. The van der Waals surface area contributed by atoms with Crippen LogP contribution < -0.4 is 4.74 Å². The van der Waals surface area contributed by atoms with Gasteiger partial charge < -0.3 is 9.30 Å². The van der Waals surface area contributed by atoms with Crippen LogP contribution in [0.1, 0.15) is 22.6 Å². The summed E-state index contributed by atoms with van der Waals surface area (Å²) in [4.78, 5) is 12.3. The first-order valence-corrected chi connectivity index (χ1v) is 11.2. The normalized spacial score (nSPS) is 18.6. The minimum atomic E-state index is -2.93. The Morgan fingerprint density at radius 3 is 2.81 bits per heavy atom. The van der Waals surface area contributed by atoms with E-state index >= 15 is 0 Å². The summed E-state index contributed by atoms with van der Waals surface area (Å²) in [5, 5.41) is 8.77. The van der Waals surface area contributed by atoms with E-state index in [1.54, 1.807) is 11.6 Å². The van der Waals surface area contributed by atoms with Gasteiger partial charge in [-0.2, -0.15) is 0 Å². The number of aromatic nitrogens is 3. The number of ketones is 1. The third-order valence-electron chi connectivity index (χ3n) is 4.53. The van der Waals surface area contributed by atoms with Crippen LogP contribution in [-0.4, -0.2) is 53.3 Å². The lowest BCUT2D eigenvalue weighted by Gasteiger charge is -2.08. The zero-order valence-corrected chi connectivity index (χ0v) is 16.6. The van der Waals surface area contributed by atoms with E-state index < -0.39 is 15.7 Å². The fraction of sp³-hybridized carbons (Fsp3) is 0.471. The molecule has 10 heteroatoms. The van der Waals surface area contributed by atoms with Crippen molar-refractivity contribution in [3.05, 3.63) is 35.4 Å². The molecular formula is C17H20FN3O4S2. The van der Waals surface area contributed by atoms with Gasteiger partial charge in [0, 0.05) is 19.0 Å². The van der Waals surface area contributed by atoms with Crippen LogP contribution in [0, 0.1) is 11.7 Å². The van der Waals surface area contributed by atoms with Crippen LogP contribution in [0.2, 0.25) is 0 Å². The maximum atomic E-state index is 13.7. The van der Waals surface area contributed by atoms with Gasteiger partial charge in [0.25, 0.3) is 0 Å². The van der Waals surface area contributed by atoms with E-state index in [1.165, 1.54) is 31.0 Å². The maximum absolute atomic E-state index is 13.7. The van der Waals surface area contributed by atoms with Gasteiger partial charge in [-0.25, -0.2) is 12.8 Å². The highest BCUT2D eigenvalue weighted by Gasteiger charge is 2.29. The van der Waals surface area contributed by atoms with Gasteiger partial charge in [-0.05, 0) is 30.5 Å². The largest absolute Gasteiger partial charge is 0.494 e. The molecule has 0 amide bonds. The number of nitrogens with zero attached hydrogens (tertiary/aromatic N) is 3. The van der Waals surface area contributed by atoms with E-state index in [2.05, 4.69) is 10.2 Å². The fourth-order valence-electron chi connectivity index (χ4n) is 2.99. The van der Waals surface area contributed by atoms with Crippen molar-refractivity contribution in [3.8, 4) is 5.75 Å². The minimum Gasteiger partial charge on any atom is -0.494 e. The van der Waals surface area contributed by atoms with Crippen LogP contribution in [0.15, 0.2) is 23.4 Å². The zero-order valence-electron chi connectivity index (χ0n) is 15.0. The van der Waals surface area contributed by atoms with E-state index in [1.807, 2.05) is 0 Å². The number of halogens is 1. The predicted molar refractivity (Wildman–Crippen MR) is 99.5 cm³/mol. The second kappa shape index (κ2) is 7.97. The first-order chi connectivity index (χ1) is 12.8. The lowest BCUT2D eigenvalue weighted by molar-refractivity contribution is 0.102.